The van der Waals surface area contributed by atoms with E-state index in [0.717, 1.165) is 12.8 Å². The fourth-order valence-electron chi connectivity index (χ4n) is 5.12. The molecule has 0 bridgehead atoms. The Balaban J connectivity index is 2.24. The van der Waals surface area contributed by atoms with Crippen LogP contribution in [0.15, 0.2) is 52.1 Å². The van der Waals surface area contributed by atoms with Crippen molar-refractivity contribution < 1.29 is 17.9 Å². The molecule has 2 aliphatic rings. The maximum atomic E-state index is 7.59. The maximum absolute atomic E-state index is 7.59. The average Bonchev–Trinajstić information content (AvgIpc) is 3.06. The molecule has 134 valence electrons. The molecule has 3 rings (SSSR count). The van der Waals surface area contributed by atoms with Crippen molar-refractivity contribution in [1.82, 2.24) is 0 Å². The van der Waals surface area contributed by atoms with Crippen LogP contribution in [0.5, 0.6) is 0 Å². The summed E-state index contributed by atoms with van der Waals surface area (Å²) in [6, 6.07) is 8.69. The van der Waals surface area contributed by atoms with Crippen LogP contribution in [0.2, 0.25) is 3.12 Å². The van der Waals surface area contributed by atoms with Crippen molar-refractivity contribution in [3.8, 4) is 0 Å². The molecule has 0 heterocycles. The van der Waals surface area contributed by atoms with Gasteiger partial charge >= 0.3 is 165 Å². The predicted octanol–water partition coefficient (Wildman–Crippen LogP) is 8.25. The van der Waals surface area contributed by atoms with E-state index in [1.807, 2.05) is 0 Å². The quantitative estimate of drug-likeness (QED) is 0.430. The van der Waals surface area contributed by atoms with Crippen LogP contribution in [0.3, 0.4) is 0 Å². The molecule has 3 heteroatoms. The van der Waals surface area contributed by atoms with E-state index in [1.165, 1.54) is 39.0 Å². The summed E-state index contributed by atoms with van der Waals surface area (Å²) in [6.45, 7) is 13.5. The van der Waals surface area contributed by atoms with Crippen molar-refractivity contribution in [2.75, 3.05) is 0 Å². The summed E-state index contributed by atoms with van der Waals surface area (Å²) in [7, 11) is 15.2. The molecule has 0 N–H and O–H groups in total. The molecule has 0 amide bonds. The summed E-state index contributed by atoms with van der Waals surface area (Å²) in [5, 5.41) is 0. The number of hydrogen-bond donors (Lipinski definition) is 0. The number of fused-ring (bicyclic) bond motifs is 1. The van der Waals surface area contributed by atoms with Gasteiger partial charge in [0.2, 0.25) is 0 Å². The molecular formula is C22H28Cl2Zr. The molecule has 2 aliphatic carbocycles. The van der Waals surface area contributed by atoms with Crippen LogP contribution < -0.4 is 0 Å². The van der Waals surface area contributed by atoms with Crippen LogP contribution in [-0.2, 0) is 17.9 Å². The third-order valence-electron chi connectivity index (χ3n) is 6.86. The monoisotopic (exact) mass is 452 g/mol. The Morgan fingerprint density at radius 3 is 2.04 bits per heavy atom. The van der Waals surface area contributed by atoms with Gasteiger partial charge in [0.15, 0.2) is 0 Å². The van der Waals surface area contributed by atoms with Gasteiger partial charge in [0, 0.05) is 0 Å². The first-order chi connectivity index (χ1) is 11.7. The van der Waals surface area contributed by atoms with Crippen LogP contribution in [-0.4, -0.2) is 0 Å². The molecule has 0 nitrogen and oxygen atoms in total. The van der Waals surface area contributed by atoms with Gasteiger partial charge in [-0.15, -0.1) is 0 Å². The number of halogens is 2. The predicted molar refractivity (Wildman–Crippen MR) is 109 cm³/mol. The Morgan fingerprint density at radius 2 is 1.52 bits per heavy atom. The normalized spacial score (nSPS) is 22.6. The molecular weight excluding hydrogens is 426 g/mol. The molecule has 0 radical (unpaired) electrons. The Bertz CT molecular complexity index is 787. The van der Waals surface area contributed by atoms with Gasteiger partial charge in [-0.3, -0.25) is 0 Å². The van der Waals surface area contributed by atoms with Crippen molar-refractivity contribution >= 4 is 23.1 Å². The van der Waals surface area contributed by atoms with Gasteiger partial charge < -0.3 is 0 Å². The van der Waals surface area contributed by atoms with E-state index < -0.39 is 17.9 Å². The van der Waals surface area contributed by atoms with Crippen molar-refractivity contribution in [3.05, 3.63) is 63.3 Å². The molecule has 1 unspecified atom stereocenters. The Morgan fingerprint density at radius 1 is 0.960 bits per heavy atom. The first-order valence-electron chi connectivity index (χ1n) is 9.27. The number of allylic oxidation sites excluding steroid dienone is 5. The van der Waals surface area contributed by atoms with E-state index in [-0.39, 0.29) is 6.75 Å². The third-order valence-corrected chi connectivity index (χ3v) is 22.2. The van der Waals surface area contributed by atoms with Gasteiger partial charge in [-0.2, -0.15) is 0 Å². The number of benzene rings is 1. The summed E-state index contributed by atoms with van der Waals surface area (Å²) in [5.41, 5.74) is 9.74. The van der Waals surface area contributed by atoms with Gasteiger partial charge in [-0.25, -0.2) is 0 Å². The van der Waals surface area contributed by atoms with Gasteiger partial charge in [0.25, 0.3) is 0 Å². The molecule has 1 aromatic carbocycles. The first-order valence-corrected chi connectivity index (χ1v) is 18.2. The molecule has 0 spiro atoms. The minimum atomic E-state index is -3.72. The standard InChI is InChI=1S/C11H11.C11H17.2ClH.Zr/c1-2-9-7-10-5-3-4-6-11(10)8-9;1-6-11-9(4)7(2)8(3)10(11)5;;;/h3-8H,2H2,1H3;6H2,1-5H3;2*1H;/q;;;;+2/p-2. The van der Waals surface area contributed by atoms with E-state index in [4.69, 9.17) is 17.0 Å². The fourth-order valence-corrected chi connectivity index (χ4v) is 22.3. The van der Waals surface area contributed by atoms with Gasteiger partial charge in [-0.1, -0.05) is 0 Å². The molecule has 0 saturated carbocycles. The molecule has 0 aliphatic heterocycles. The van der Waals surface area contributed by atoms with Crippen molar-refractivity contribution in [1.29, 1.82) is 0 Å². The van der Waals surface area contributed by atoms with Crippen molar-refractivity contribution in [2.45, 2.75) is 61.1 Å². The average molecular weight is 455 g/mol. The van der Waals surface area contributed by atoms with Crippen LogP contribution in [0.1, 0.15) is 69.1 Å². The second kappa shape index (κ2) is 6.81. The zero-order chi connectivity index (χ0) is 18.6. The Hall–Kier alpha value is -0.0969. The van der Waals surface area contributed by atoms with E-state index in [2.05, 4.69) is 71.9 Å². The topological polar surface area (TPSA) is 0 Å². The minimum absolute atomic E-state index is 0.109. The van der Waals surface area contributed by atoms with Gasteiger partial charge in [-0.05, 0) is 0 Å². The zero-order valence-electron chi connectivity index (χ0n) is 16.1. The summed E-state index contributed by atoms with van der Waals surface area (Å²) in [5.74, 6) is 0. The van der Waals surface area contributed by atoms with E-state index in [1.54, 1.807) is 0 Å². The zero-order valence-corrected chi connectivity index (χ0v) is 20.1. The van der Waals surface area contributed by atoms with Crippen molar-refractivity contribution in [2.24, 2.45) is 0 Å². The molecule has 25 heavy (non-hydrogen) atoms. The molecule has 0 aromatic heterocycles. The van der Waals surface area contributed by atoms with E-state index in [9.17, 15) is 0 Å². The van der Waals surface area contributed by atoms with Gasteiger partial charge in [0.1, 0.15) is 0 Å². The molecule has 1 atom stereocenters. The molecule has 0 fully saturated rings. The number of hydrogen-bond acceptors (Lipinski definition) is 0. The molecule has 0 saturated heterocycles. The summed E-state index contributed by atoms with van der Waals surface area (Å²) in [6.07, 6.45) is 4.35. The Kier molecular flexibility index (Phi) is 5.36. The second-order valence-corrected chi connectivity index (χ2v) is 22.3. The van der Waals surface area contributed by atoms with Crippen LogP contribution in [0.25, 0.3) is 6.08 Å². The van der Waals surface area contributed by atoms with Crippen LogP contribution in [0.4, 0.5) is 0 Å². The molecule has 1 aromatic rings. The van der Waals surface area contributed by atoms with E-state index in [0.29, 0.717) is 0 Å². The van der Waals surface area contributed by atoms with Crippen molar-refractivity contribution in [3.63, 3.8) is 0 Å². The number of rotatable bonds is 4. The van der Waals surface area contributed by atoms with Crippen LogP contribution in [0, 0.1) is 0 Å². The van der Waals surface area contributed by atoms with E-state index >= 15 is 0 Å². The summed E-state index contributed by atoms with van der Waals surface area (Å²) < 4.78 is 0.130. The van der Waals surface area contributed by atoms with Crippen LogP contribution >= 0.6 is 17.0 Å². The van der Waals surface area contributed by atoms with Gasteiger partial charge in [0.05, 0.1) is 0 Å². The fraction of sp³-hybridized carbons (Fsp3) is 0.455. The second-order valence-electron chi connectivity index (χ2n) is 7.52. The Labute approximate surface area is 164 Å². The third kappa shape index (κ3) is 2.56. The summed E-state index contributed by atoms with van der Waals surface area (Å²) in [4.78, 5) is 0. The first kappa shape index (κ1) is 19.7. The SMILES string of the molecule is CCC1=Cc2ccccc2[CH]1[Zr]([Cl])([Cl])[C]1(CC)C(C)=C(C)C(C)=C1C. The summed E-state index contributed by atoms with van der Waals surface area (Å²) >= 11 is -3.72.